The van der Waals surface area contributed by atoms with E-state index in [0.717, 1.165) is 5.69 Å². The lowest BCUT2D eigenvalue weighted by Gasteiger charge is -2.39. The van der Waals surface area contributed by atoms with Crippen molar-refractivity contribution in [1.82, 2.24) is 0 Å². The van der Waals surface area contributed by atoms with Gasteiger partial charge >= 0.3 is 11.9 Å². The number of unbranched alkanes of at least 4 members (excludes halogenated alkanes) is 1. The molecule has 264 valence electrons. The molecular formula is C36H49NO9S2. The molecular weight excluding hydrogens is 655 g/mol. The summed E-state index contributed by atoms with van der Waals surface area (Å²) < 4.78 is 55.8. The van der Waals surface area contributed by atoms with Gasteiger partial charge in [-0.1, -0.05) is 13.3 Å². The van der Waals surface area contributed by atoms with Gasteiger partial charge in [-0.2, -0.15) is 8.42 Å². The fourth-order valence-corrected chi connectivity index (χ4v) is 9.93. The van der Waals surface area contributed by atoms with Crippen LogP contribution in [0.4, 0.5) is 5.69 Å². The Labute approximate surface area is 287 Å². The Morgan fingerprint density at radius 2 is 1.02 bits per heavy atom. The number of carbonyl (C=O) groups is 2. The maximum atomic E-state index is 13.7. The molecule has 0 fully saturated rings. The van der Waals surface area contributed by atoms with Crippen LogP contribution in [-0.4, -0.2) is 64.6 Å². The van der Waals surface area contributed by atoms with Crippen molar-refractivity contribution in [3.05, 3.63) is 72.8 Å². The molecule has 0 aromatic heterocycles. The third-order valence-corrected chi connectivity index (χ3v) is 11.7. The van der Waals surface area contributed by atoms with Crippen molar-refractivity contribution in [2.24, 2.45) is 0 Å². The molecule has 10 nitrogen and oxygen atoms in total. The zero-order valence-electron chi connectivity index (χ0n) is 29.4. The summed E-state index contributed by atoms with van der Waals surface area (Å²) in [7, 11) is -3.09. The van der Waals surface area contributed by atoms with Crippen molar-refractivity contribution in [2.45, 2.75) is 87.2 Å². The fourth-order valence-electron chi connectivity index (χ4n) is 4.45. The molecule has 0 aliphatic carbocycles. The topological polar surface area (TPSA) is 118 Å². The van der Waals surface area contributed by atoms with Crippen LogP contribution in [0.3, 0.4) is 0 Å². The third-order valence-electron chi connectivity index (χ3n) is 6.50. The van der Waals surface area contributed by atoms with Crippen LogP contribution in [0.15, 0.2) is 87.5 Å². The lowest BCUT2D eigenvalue weighted by molar-refractivity contribution is -0.158. The first-order valence-corrected chi connectivity index (χ1v) is 18.9. The molecule has 3 aromatic rings. The first-order valence-electron chi connectivity index (χ1n) is 15.8. The van der Waals surface area contributed by atoms with Gasteiger partial charge in [0.2, 0.25) is 0 Å². The van der Waals surface area contributed by atoms with Crippen LogP contribution in [-0.2, 0) is 32.8 Å². The van der Waals surface area contributed by atoms with Crippen molar-refractivity contribution < 1.29 is 40.6 Å². The monoisotopic (exact) mass is 703 g/mol. The number of hydrogen-bond donors (Lipinski definition) is 0. The van der Waals surface area contributed by atoms with Crippen LogP contribution < -0.4 is 14.4 Å². The molecule has 0 saturated carbocycles. The van der Waals surface area contributed by atoms with E-state index in [2.05, 4.69) is 0 Å². The highest BCUT2D eigenvalue weighted by Crippen LogP contribution is 2.70. The number of nitrogens with zero attached hydrogens (tertiary/aromatic N) is 1. The average molecular weight is 704 g/mol. The van der Waals surface area contributed by atoms with E-state index in [1.165, 1.54) is 0 Å². The fraction of sp³-hybridized carbons (Fsp3) is 0.444. The van der Waals surface area contributed by atoms with Gasteiger partial charge in [0.15, 0.2) is 13.2 Å². The normalized spacial score (nSPS) is 12.6. The van der Waals surface area contributed by atoms with Crippen LogP contribution in [0.1, 0.15) is 61.3 Å². The molecule has 0 radical (unpaired) electrons. The minimum absolute atomic E-state index is 0.151. The molecule has 48 heavy (non-hydrogen) atoms. The smallest absolute Gasteiger partial charge is 0.344 e. The van der Waals surface area contributed by atoms with Gasteiger partial charge in [0.25, 0.3) is 10.1 Å². The summed E-state index contributed by atoms with van der Waals surface area (Å²) in [6.45, 7) is 12.0. The van der Waals surface area contributed by atoms with E-state index in [0.29, 0.717) is 39.0 Å². The Morgan fingerprint density at radius 3 is 1.35 bits per heavy atom. The highest BCUT2D eigenvalue weighted by molar-refractivity contribution is 8.33. The van der Waals surface area contributed by atoms with Gasteiger partial charge in [0.1, 0.15) is 22.7 Å². The predicted molar refractivity (Wildman–Crippen MR) is 189 cm³/mol. The number of hydrogen-bond acceptors (Lipinski definition) is 10. The second kappa shape index (κ2) is 16.1. The number of esters is 2. The number of rotatable bonds is 15. The summed E-state index contributed by atoms with van der Waals surface area (Å²) in [5.41, 5.74) is -0.365. The second-order valence-electron chi connectivity index (χ2n) is 13.3. The second-order valence-corrected chi connectivity index (χ2v) is 17.9. The van der Waals surface area contributed by atoms with Gasteiger partial charge in [-0.15, -0.1) is 0 Å². The maximum absolute atomic E-state index is 13.7. The standard InChI is InChI=1S/C36H49NO9S2/c1-10-11-24-47(40,41)46-48(30-18-12-27(13-19-30)37(8)9,31-20-14-28(15-21-31)42-25-33(38)44-35(2,3)4)32-22-16-29(17-23-32)43-26-34(39)45-36(5,6)7/h12-23H,10-11,24-26H2,1-9H3. The first-order chi connectivity index (χ1) is 22.3. The van der Waals surface area contributed by atoms with E-state index >= 15 is 0 Å². The van der Waals surface area contributed by atoms with Crippen LogP contribution in [0.5, 0.6) is 11.5 Å². The molecule has 3 rings (SSSR count). The quantitative estimate of drug-likeness (QED) is 0.147. The van der Waals surface area contributed by atoms with E-state index in [-0.39, 0.29) is 19.0 Å². The molecule has 0 bridgehead atoms. The van der Waals surface area contributed by atoms with E-state index in [1.807, 2.05) is 50.2 Å². The van der Waals surface area contributed by atoms with Crippen LogP contribution in [0.2, 0.25) is 0 Å². The minimum atomic E-state index is -4.03. The molecule has 0 spiro atoms. The van der Waals surface area contributed by atoms with Crippen molar-refractivity contribution in [1.29, 1.82) is 0 Å². The number of anilines is 1. The first kappa shape index (κ1) is 38.7. The summed E-state index contributed by atoms with van der Waals surface area (Å²) >= 11 is 0. The Bertz CT molecular complexity index is 1530. The Balaban J connectivity index is 2.11. The summed E-state index contributed by atoms with van der Waals surface area (Å²) in [6, 6.07) is 21.3. The zero-order valence-corrected chi connectivity index (χ0v) is 31.0. The van der Waals surface area contributed by atoms with Crippen LogP contribution in [0, 0.1) is 0 Å². The highest BCUT2D eigenvalue weighted by Gasteiger charge is 2.38. The largest absolute Gasteiger partial charge is 0.482 e. The maximum Gasteiger partial charge on any atom is 0.344 e. The van der Waals surface area contributed by atoms with E-state index in [9.17, 15) is 18.0 Å². The van der Waals surface area contributed by atoms with Crippen molar-refractivity contribution in [3.8, 4) is 11.5 Å². The van der Waals surface area contributed by atoms with Gasteiger partial charge in [-0.3, -0.25) is 0 Å². The number of ether oxygens (including phenoxy) is 4. The zero-order chi connectivity index (χ0) is 35.8. The Kier molecular flexibility index (Phi) is 13.0. The molecule has 0 saturated heterocycles. The molecule has 3 aromatic carbocycles. The SMILES string of the molecule is CCCCS(=O)(=O)OS(c1ccc(OCC(=O)OC(C)(C)C)cc1)(c1ccc(OCC(=O)OC(C)(C)C)cc1)c1ccc(N(C)C)cc1. The van der Waals surface area contributed by atoms with Crippen molar-refractivity contribution in [3.63, 3.8) is 0 Å². The summed E-state index contributed by atoms with van der Waals surface area (Å²) in [4.78, 5) is 28.3. The molecule has 0 heterocycles. The van der Waals surface area contributed by atoms with Gasteiger partial charge in [-0.25, -0.2) is 13.2 Å². The number of benzene rings is 3. The molecule has 0 amide bonds. The van der Waals surface area contributed by atoms with E-state index < -0.39 is 43.6 Å². The van der Waals surface area contributed by atoms with Crippen molar-refractivity contribution >= 4 is 38.1 Å². The van der Waals surface area contributed by atoms with E-state index in [1.54, 1.807) is 90.1 Å². The van der Waals surface area contributed by atoms with Gasteiger partial charge in [-0.05, 0) is 131 Å². The van der Waals surface area contributed by atoms with Crippen molar-refractivity contribution in [2.75, 3.05) is 38.0 Å². The van der Waals surface area contributed by atoms with Gasteiger partial charge in [0, 0.05) is 34.5 Å². The summed E-state index contributed by atoms with van der Waals surface area (Å²) in [5, 5.41) is 0. The number of carbonyl (C=O) groups excluding carboxylic acids is 2. The van der Waals surface area contributed by atoms with E-state index in [4.69, 9.17) is 22.6 Å². The van der Waals surface area contributed by atoms with Gasteiger partial charge < -0.3 is 23.8 Å². The third kappa shape index (κ3) is 11.5. The molecule has 0 N–H and O–H groups in total. The summed E-state index contributed by atoms with van der Waals surface area (Å²) in [5.74, 6) is -0.359. The summed E-state index contributed by atoms with van der Waals surface area (Å²) in [6.07, 6.45) is 1.11. The Hall–Kier alpha value is -3.74. The highest BCUT2D eigenvalue weighted by atomic mass is 32.3. The molecule has 12 heteroatoms. The average Bonchev–Trinajstić information content (AvgIpc) is 3.00. The molecule has 0 aliphatic heterocycles. The molecule has 0 unspecified atom stereocenters. The molecule has 0 aliphatic rings. The lowest BCUT2D eigenvalue weighted by Crippen LogP contribution is -2.27. The van der Waals surface area contributed by atoms with Crippen LogP contribution >= 0.6 is 10.3 Å². The lowest BCUT2D eigenvalue weighted by atomic mass is 10.2. The minimum Gasteiger partial charge on any atom is -0.482 e. The van der Waals surface area contributed by atoms with Crippen LogP contribution in [0.25, 0.3) is 0 Å². The predicted octanol–water partition coefficient (Wildman–Crippen LogP) is 7.54. The molecule has 0 atom stereocenters. The Morgan fingerprint density at radius 1 is 0.646 bits per heavy atom. The van der Waals surface area contributed by atoms with Gasteiger partial charge in [0.05, 0.1) is 5.75 Å².